The number of nitrogens with zero attached hydrogens (tertiary/aromatic N) is 4. The van der Waals surface area contributed by atoms with E-state index in [0.29, 0.717) is 5.92 Å². The molecule has 2 fully saturated rings. The summed E-state index contributed by atoms with van der Waals surface area (Å²) in [4.78, 5) is 6.89. The second-order valence-electron chi connectivity index (χ2n) is 7.50. The van der Waals surface area contributed by atoms with Gasteiger partial charge in [0.1, 0.15) is 0 Å². The summed E-state index contributed by atoms with van der Waals surface area (Å²) in [5.74, 6) is 2.67. The zero-order valence-electron chi connectivity index (χ0n) is 15.4. The van der Waals surface area contributed by atoms with Crippen LogP contribution in [0.1, 0.15) is 62.8 Å². The Morgan fingerprint density at radius 1 is 1.29 bits per heavy atom. The van der Waals surface area contributed by atoms with Crippen molar-refractivity contribution in [3.63, 3.8) is 0 Å². The van der Waals surface area contributed by atoms with Gasteiger partial charge < -0.3 is 10.2 Å². The van der Waals surface area contributed by atoms with Gasteiger partial charge in [-0.05, 0) is 24.3 Å². The number of unbranched alkanes of at least 4 members (excludes halogenated alkanes) is 1. The number of hydrogen-bond acceptors (Lipinski definition) is 2. The first-order valence-corrected chi connectivity index (χ1v) is 9.70. The van der Waals surface area contributed by atoms with E-state index in [1.54, 1.807) is 0 Å². The fraction of sp³-hybridized carbons (Fsp3) is 0.789. The van der Waals surface area contributed by atoms with Crippen molar-refractivity contribution in [1.29, 1.82) is 0 Å². The molecule has 1 unspecified atom stereocenters. The molecule has 134 valence electrons. The lowest BCUT2D eigenvalue weighted by Crippen LogP contribution is -2.40. The van der Waals surface area contributed by atoms with E-state index in [0.717, 1.165) is 31.5 Å². The average molecular weight is 332 g/mol. The Hall–Kier alpha value is -1.52. The van der Waals surface area contributed by atoms with Crippen molar-refractivity contribution >= 4 is 5.96 Å². The van der Waals surface area contributed by atoms with E-state index in [4.69, 9.17) is 0 Å². The Bertz CT molecular complexity index is 530. The van der Waals surface area contributed by atoms with Crippen molar-refractivity contribution < 1.29 is 0 Å². The van der Waals surface area contributed by atoms with Crippen molar-refractivity contribution in [3.05, 3.63) is 18.0 Å². The summed E-state index contributed by atoms with van der Waals surface area (Å²) in [5.41, 5.74) is 1.35. The van der Waals surface area contributed by atoms with Gasteiger partial charge in [-0.3, -0.25) is 9.67 Å². The zero-order valence-corrected chi connectivity index (χ0v) is 15.4. The van der Waals surface area contributed by atoms with Crippen LogP contribution in [-0.2, 0) is 7.05 Å². The molecule has 2 aliphatic rings. The van der Waals surface area contributed by atoms with E-state index in [9.17, 15) is 0 Å². The number of likely N-dealkylation sites (tertiary alicyclic amines) is 1. The van der Waals surface area contributed by atoms with Gasteiger partial charge >= 0.3 is 0 Å². The Labute approximate surface area is 146 Å². The summed E-state index contributed by atoms with van der Waals surface area (Å²) in [6.07, 6.45) is 15.2. The van der Waals surface area contributed by atoms with Crippen molar-refractivity contribution in [2.24, 2.45) is 18.0 Å². The Balaban J connectivity index is 1.37. The quantitative estimate of drug-likeness (QED) is 0.495. The highest BCUT2D eigenvalue weighted by Crippen LogP contribution is 2.29. The predicted octanol–water partition coefficient (Wildman–Crippen LogP) is 3.15. The van der Waals surface area contributed by atoms with Gasteiger partial charge in [0.15, 0.2) is 5.96 Å². The second-order valence-corrected chi connectivity index (χ2v) is 7.50. The van der Waals surface area contributed by atoms with Crippen molar-refractivity contribution in [3.8, 4) is 0 Å². The molecule has 1 N–H and O–H groups in total. The Kier molecular flexibility index (Phi) is 6.16. The third kappa shape index (κ3) is 4.52. The molecule has 1 aromatic heterocycles. The molecule has 1 aromatic rings. The molecule has 5 nitrogen and oxygen atoms in total. The van der Waals surface area contributed by atoms with Crippen LogP contribution in [0.3, 0.4) is 0 Å². The van der Waals surface area contributed by atoms with Crippen LogP contribution in [0.25, 0.3) is 0 Å². The van der Waals surface area contributed by atoms with Crippen LogP contribution in [0.15, 0.2) is 17.4 Å². The summed E-state index contributed by atoms with van der Waals surface area (Å²) in [6.45, 7) is 3.18. The van der Waals surface area contributed by atoms with Crippen LogP contribution in [0.2, 0.25) is 0 Å². The van der Waals surface area contributed by atoms with Gasteiger partial charge in [0.2, 0.25) is 0 Å². The highest BCUT2D eigenvalue weighted by atomic mass is 15.3. The molecule has 0 spiro atoms. The van der Waals surface area contributed by atoms with Crippen molar-refractivity contribution in [1.82, 2.24) is 20.0 Å². The lowest BCUT2D eigenvalue weighted by molar-refractivity contribution is 0.461. The average Bonchev–Trinajstić information content (AvgIpc) is 3.32. The van der Waals surface area contributed by atoms with Gasteiger partial charge in [0.25, 0.3) is 0 Å². The van der Waals surface area contributed by atoms with Crippen LogP contribution in [0.5, 0.6) is 0 Å². The summed E-state index contributed by atoms with van der Waals surface area (Å²) in [6, 6.07) is 0. The van der Waals surface area contributed by atoms with E-state index in [1.165, 1.54) is 56.9 Å². The number of rotatable bonds is 6. The second kappa shape index (κ2) is 8.54. The van der Waals surface area contributed by atoms with Gasteiger partial charge in [0, 0.05) is 45.8 Å². The first-order valence-electron chi connectivity index (χ1n) is 9.70. The van der Waals surface area contributed by atoms with Crippen LogP contribution in [-0.4, -0.2) is 47.3 Å². The maximum Gasteiger partial charge on any atom is 0.193 e. The molecule has 0 amide bonds. The standard InChI is InChI=1S/C19H33N5/c1-20-19(21-11-6-5-9-16-7-3-4-8-16)24-12-10-17(15-24)18-13-22-23(2)14-18/h13-14,16-17H,3-12,15H2,1-2H3,(H,20,21). The van der Waals surface area contributed by atoms with Crippen molar-refractivity contribution in [2.75, 3.05) is 26.7 Å². The number of aliphatic imine (C=N–C) groups is 1. The fourth-order valence-electron chi connectivity index (χ4n) is 4.27. The highest BCUT2D eigenvalue weighted by molar-refractivity contribution is 5.80. The monoisotopic (exact) mass is 331 g/mol. The van der Waals surface area contributed by atoms with Gasteiger partial charge in [-0.15, -0.1) is 0 Å². The zero-order chi connectivity index (χ0) is 16.8. The summed E-state index contributed by atoms with van der Waals surface area (Å²) >= 11 is 0. The largest absolute Gasteiger partial charge is 0.356 e. The SMILES string of the molecule is CN=C(NCCCCC1CCCC1)N1CCC(c2cnn(C)c2)C1. The number of nitrogens with one attached hydrogen (secondary N) is 1. The normalized spacial score (nSPS) is 22.5. The van der Waals surface area contributed by atoms with Crippen LogP contribution in [0, 0.1) is 5.92 Å². The molecule has 1 aliphatic heterocycles. The summed E-state index contributed by atoms with van der Waals surface area (Å²) < 4.78 is 1.90. The minimum Gasteiger partial charge on any atom is -0.356 e. The summed E-state index contributed by atoms with van der Waals surface area (Å²) in [5, 5.41) is 7.88. The third-order valence-corrected chi connectivity index (χ3v) is 5.69. The van der Waals surface area contributed by atoms with Gasteiger partial charge in [0.05, 0.1) is 6.20 Å². The summed E-state index contributed by atoms with van der Waals surface area (Å²) in [7, 11) is 3.89. The molecule has 0 bridgehead atoms. The first kappa shape index (κ1) is 17.3. The Morgan fingerprint density at radius 2 is 2.12 bits per heavy atom. The maximum absolute atomic E-state index is 4.49. The van der Waals surface area contributed by atoms with E-state index >= 15 is 0 Å². The molecular weight excluding hydrogens is 298 g/mol. The molecule has 2 heterocycles. The smallest absolute Gasteiger partial charge is 0.193 e. The van der Waals surface area contributed by atoms with E-state index in [-0.39, 0.29) is 0 Å². The third-order valence-electron chi connectivity index (χ3n) is 5.69. The minimum absolute atomic E-state index is 0.583. The number of aryl methyl sites for hydroxylation is 1. The number of aromatic nitrogens is 2. The molecule has 5 heteroatoms. The molecule has 1 saturated carbocycles. The first-order chi connectivity index (χ1) is 11.8. The van der Waals surface area contributed by atoms with Crippen LogP contribution < -0.4 is 5.32 Å². The molecule has 24 heavy (non-hydrogen) atoms. The molecular formula is C19H33N5. The highest BCUT2D eigenvalue weighted by Gasteiger charge is 2.26. The minimum atomic E-state index is 0.583. The lowest BCUT2D eigenvalue weighted by Gasteiger charge is -2.21. The van der Waals surface area contributed by atoms with Crippen LogP contribution >= 0.6 is 0 Å². The van der Waals surface area contributed by atoms with E-state index in [1.807, 2.05) is 25.0 Å². The fourth-order valence-corrected chi connectivity index (χ4v) is 4.27. The maximum atomic E-state index is 4.49. The van der Waals surface area contributed by atoms with Crippen LogP contribution in [0.4, 0.5) is 0 Å². The number of hydrogen-bond donors (Lipinski definition) is 1. The predicted molar refractivity (Wildman–Crippen MR) is 99.3 cm³/mol. The molecule has 0 radical (unpaired) electrons. The van der Waals surface area contributed by atoms with Gasteiger partial charge in [-0.25, -0.2) is 0 Å². The van der Waals surface area contributed by atoms with E-state index in [2.05, 4.69) is 26.5 Å². The molecule has 1 aliphatic carbocycles. The van der Waals surface area contributed by atoms with Gasteiger partial charge in [-0.1, -0.05) is 38.5 Å². The molecule has 0 aromatic carbocycles. The molecule has 3 rings (SSSR count). The van der Waals surface area contributed by atoms with Gasteiger partial charge in [-0.2, -0.15) is 5.10 Å². The molecule has 1 saturated heterocycles. The lowest BCUT2D eigenvalue weighted by atomic mass is 10.0. The van der Waals surface area contributed by atoms with Crippen molar-refractivity contribution in [2.45, 2.75) is 57.3 Å². The Morgan fingerprint density at radius 3 is 2.83 bits per heavy atom. The van der Waals surface area contributed by atoms with E-state index < -0.39 is 0 Å². The topological polar surface area (TPSA) is 45.5 Å². The number of guanidine groups is 1. The molecule has 1 atom stereocenters.